The number of nitrogens with zero attached hydrogens (tertiary/aromatic N) is 2. The molecule has 2 saturated heterocycles. The summed E-state index contributed by atoms with van der Waals surface area (Å²) in [7, 11) is 1.77. The molecule has 4 heterocycles. The SMILES string of the molecule is CCC[C@H](C)CC[C@H](NC(=O)N(C)C1CCOCC1)C(=O)Nc1cc2c(cn1)C1(CCOCC1)C(=O)N2. The van der Waals surface area contributed by atoms with Gasteiger partial charge in [0, 0.05) is 57.3 Å². The van der Waals surface area contributed by atoms with Gasteiger partial charge in [-0.25, -0.2) is 9.78 Å². The Morgan fingerprint density at radius 1 is 1.16 bits per heavy atom. The van der Waals surface area contributed by atoms with Crippen molar-refractivity contribution in [1.29, 1.82) is 0 Å². The first-order chi connectivity index (χ1) is 17.8. The number of anilines is 2. The largest absolute Gasteiger partial charge is 0.381 e. The molecule has 0 radical (unpaired) electrons. The molecule has 204 valence electrons. The fraction of sp³-hybridized carbons (Fsp3) is 0.704. The van der Waals surface area contributed by atoms with Crippen LogP contribution in [0.2, 0.25) is 0 Å². The second-order valence-electron chi connectivity index (χ2n) is 10.7. The maximum Gasteiger partial charge on any atom is 0.318 e. The minimum atomic E-state index is -0.694. The van der Waals surface area contributed by atoms with Gasteiger partial charge in [0.25, 0.3) is 0 Å². The predicted molar refractivity (Wildman–Crippen MR) is 140 cm³/mol. The van der Waals surface area contributed by atoms with Crippen LogP contribution >= 0.6 is 0 Å². The van der Waals surface area contributed by atoms with E-state index in [1.165, 1.54) is 0 Å². The first-order valence-corrected chi connectivity index (χ1v) is 13.7. The molecule has 10 nitrogen and oxygen atoms in total. The van der Waals surface area contributed by atoms with Gasteiger partial charge in [-0.3, -0.25) is 9.59 Å². The topological polar surface area (TPSA) is 122 Å². The molecule has 0 saturated carbocycles. The molecule has 0 bridgehead atoms. The lowest BCUT2D eigenvalue weighted by Crippen LogP contribution is -2.52. The monoisotopic (exact) mass is 515 g/mol. The van der Waals surface area contributed by atoms with Crippen molar-refractivity contribution in [3.63, 3.8) is 0 Å². The molecule has 1 spiro atoms. The van der Waals surface area contributed by atoms with Gasteiger partial charge < -0.3 is 30.3 Å². The number of fused-ring (bicyclic) bond motifs is 2. The van der Waals surface area contributed by atoms with Crippen molar-refractivity contribution in [2.45, 2.75) is 82.7 Å². The summed E-state index contributed by atoms with van der Waals surface area (Å²) in [5.74, 6) is 0.457. The Kier molecular flexibility index (Phi) is 9.02. The third-order valence-corrected chi connectivity index (χ3v) is 8.10. The highest BCUT2D eigenvalue weighted by atomic mass is 16.5. The van der Waals surface area contributed by atoms with Crippen LogP contribution in [-0.2, 0) is 24.5 Å². The Balaban J connectivity index is 1.45. The Morgan fingerprint density at radius 2 is 1.86 bits per heavy atom. The van der Waals surface area contributed by atoms with Crippen molar-refractivity contribution in [2.24, 2.45) is 5.92 Å². The zero-order chi connectivity index (χ0) is 26.4. The molecule has 0 aromatic carbocycles. The molecule has 2 atom stereocenters. The van der Waals surface area contributed by atoms with E-state index < -0.39 is 11.5 Å². The molecule has 4 rings (SSSR count). The van der Waals surface area contributed by atoms with Crippen LogP contribution in [0.1, 0.15) is 70.8 Å². The summed E-state index contributed by atoms with van der Waals surface area (Å²) in [6.07, 6.45) is 7.99. The van der Waals surface area contributed by atoms with Gasteiger partial charge in [0.1, 0.15) is 11.9 Å². The minimum absolute atomic E-state index is 0.0396. The summed E-state index contributed by atoms with van der Waals surface area (Å²) in [4.78, 5) is 45.4. The fourth-order valence-corrected chi connectivity index (χ4v) is 5.65. The summed E-state index contributed by atoms with van der Waals surface area (Å²) < 4.78 is 10.9. The van der Waals surface area contributed by atoms with Crippen LogP contribution in [0.3, 0.4) is 0 Å². The molecular formula is C27H41N5O5. The number of ether oxygens (including phenoxy) is 2. The maximum absolute atomic E-state index is 13.4. The van der Waals surface area contributed by atoms with Gasteiger partial charge >= 0.3 is 6.03 Å². The van der Waals surface area contributed by atoms with Crippen molar-refractivity contribution < 1.29 is 23.9 Å². The average molecular weight is 516 g/mol. The van der Waals surface area contributed by atoms with Crippen LogP contribution in [0.4, 0.5) is 16.3 Å². The van der Waals surface area contributed by atoms with E-state index in [0.29, 0.717) is 63.1 Å². The van der Waals surface area contributed by atoms with Gasteiger partial charge in [-0.15, -0.1) is 0 Å². The molecule has 1 aromatic rings. The van der Waals surface area contributed by atoms with Crippen molar-refractivity contribution in [3.8, 4) is 0 Å². The van der Waals surface area contributed by atoms with Gasteiger partial charge in [-0.05, 0) is 44.4 Å². The second kappa shape index (κ2) is 12.2. The van der Waals surface area contributed by atoms with Gasteiger partial charge in [0.15, 0.2) is 0 Å². The molecule has 3 aliphatic rings. The number of nitrogens with one attached hydrogen (secondary N) is 3. The van der Waals surface area contributed by atoms with Crippen LogP contribution < -0.4 is 16.0 Å². The number of aromatic nitrogens is 1. The van der Waals surface area contributed by atoms with Gasteiger partial charge in [-0.1, -0.05) is 26.7 Å². The molecule has 4 amide bonds. The van der Waals surface area contributed by atoms with E-state index in [1.54, 1.807) is 24.2 Å². The van der Waals surface area contributed by atoms with E-state index in [9.17, 15) is 14.4 Å². The summed E-state index contributed by atoms with van der Waals surface area (Å²) in [6.45, 7) is 6.65. The molecule has 10 heteroatoms. The van der Waals surface area contributed by atoms with Crippen LogP contribution in [0.15, 0.2) is 12.3 Å². The smallest absolute Gasteiger partial charge is 0.318 e. The minimum Gasteiger partial charge on any atom is -0.381 e. The summed E-state index contributed by atoms with van der Waals surface area (Å²) in [5, 5.41) is 8.80. The maximum atomic E-state index is 13.4. The van der Waals surface area contributed by atoms with Gasteiger partial charge in [0.05, 0.1) is 11.1 Å². The molecule has 0 unspecified atom stereocenters. The normalized spacial score (nSPS) is 20.6. The number of hydrogen-bond acceptors (Lipinski definition) is 6. The van der Waals surface area contributed by atoms with E-state index >= 15 is 0 Å². The van der Waals surface area contributed by atoms with E-state index in [0.717, 1.165) is 37.7 Å². The number of carbonyl (C=O) groups excluding carboxylic acids is 3. The van der Waals surface area contributed by atoms with Crippen LogP contribution in [0.5, 0.6) is 0 Å². The number of urea groups is 1. The third-order valence-electron chi connectivity index (χ3n) is 8.10. The van der Waals surface area contributed by atoms with Crippen molar-refractivity contribution in [1.82, 2.24) is 15.2 Å². The van der Waals surface area contributed by atoms with Crippen molar-refractivity contribution >= 4 is 29.4 Å². The first kappa shape index (κ1) is 27.3. The molecule has 1 aromatic heterocycles. The zero-order valence-corrected chi connectivity index (χ0v) is 22.3. The van der Waals surface area contributed by atoms with E-state index in [2.05, 4.69) is 34.8 Å². The second-order valence-corrected chi connectivity index (χ2v) is 10.7. The number of amides is 4. The number of hydrogen-bond donors (Lipinski definition) is 3. The van der Waals surface area contributed by atoms with Crippen LogP contribution in [0.25, 0.3) is 0 Å². The Bertz CT molecular complexity index is 974. The summed E-state index contributed by atoms with van der Waals surface area (Å²) in [6, 6.07) is 0.851. The van der Waals surface area contributed by atoms with Crippen molar-refractivity contribution in [2.75, 3.05) is 44.1 Å². The Hall–Kier alpha value is -2.72. The predicted octanol–water partition coefficient (Wildman–Crippen LogP) is 3.43. The van der Waals surface area contributed by atoms with E-state index in [1.807, 2.05) is 0 Å². The lowest BCUT2D eigenvalue weighted by molar-refractivity contribution is -0.124. The number of pyridine rings is 1. The Labute approximate surface area is 219 Å². The van der Waals surface area contributed by atoms with Crippen LogP contribution in [0, 0.1) is 5.92 Å². The first-order valence-electron chi connectivity index (χ1n) is 13.7. The zero-order valence-electron chi connectivity index (χ0n) is 22.3. The Morgan fingerprint density at radius 3 is 2.57 bits per heavy atom. The third kappa shape index (κ3) is 6.23. The van der Waals surface area contributed by atoms with Crippen molar-refractivity contribution in [3.05, 3.63) is 17.8 Å². The standard InChI is InChI=1S/C27H41N5O5/c1-4-5-18(2)6-7-21(30-26(35)32(3)19-8-12-36-13-9-19)24(33)31-23-16-22-20(17-28-23)27(25(34)29-22)10-14-37-15-11-27/h16-19,21H,4-15H2,1-3H3,(H,29,34)(H,30,35)(H,28,31,33)/t18-,21-/m0/s1. The van der Waals surface area contributed by atoms with Gasteiger partial charge in [-0.2, -0.15) is 0 Å². The molecule has 0 aliphatic carbocycles. The quantitative estimate of drug-likeness (QED) is 0.463. The molecule has 3 N–H and O–H groups in total. The lowest BCUT2D eigenvalue weighted by atomic mass is 9.76. The molecule has 2 fully saturated rings. The molecular weight excluding hydrogens is 474 g/mol. The number of rotatable bonds is 9. The van der Waals surface area contributed by atoms with Gasteiger partial charge in [0.2, 0.25) is 11.8 Å². The van der Waals surface area contributed by atoms with E-state index in [4.69, 9.17) is 9.47 Å². The van der Waals surface area contributed by atoms with Crippen LogP contribution in [-0.4, -0.2) is 73.3 Å². The highest BCUT2D eigenvalue weighted by Gasteiger charge is 2.48. The summed E-state index contributed by atoms with van der Waals surface area (Å²) >= 11 is 0. The molecule has 3 aliphatic heterocycles. The summed E-state index contributed by atoms with van der Waals surface area (Å²) in [5.41, 5.74) is 0.924. The molecule has 37 heavy (non-hydrogen) atoms. The highest BCUT2D eigenvalue weighted by Crippen LogP contribution is 2.44. The highest BCUT2D eigenvalue weighted by molar-refractivity contribution is 6.07. The fourth-order valence-electron chi connectivity index (χ4n) is 5.65. The average Bonchev–Trinajstić information content (AvgIpc) is 3.16. The van der Waals surface area contributed by atoms with E-state index in [-0.39, 0.29) is 23.9 Å². The lowest BCUT2D eigenvalue weighted by Gasteiger charge is -2.32. The number of carbonyl (C=O) groups is 3.